The van der Waals surface area contributed by atoms with E-state index in [4.69, 9.17) is 21.1 Å². The van der Waals surface area contributed by atoms with E-state index >= 15 is 0 Å². The van der Waals surface area contributed by atoms with Crippen LogP contribution in [0.15, 0.2) is 89.0 Å². The molecule has 0 bridgehead atoms. The lowest BCUT2D eigenvalue weighted by molar-refractivity contribution is -0.131. The number of methoxy groups -OCH3 is 1. The van der Waals surface area contributed by atoms with Crippen molar-refractivity contribution >= 4 is 35.3 Å². The average Bonchev–Trinajstić information content (AvgIpc) is 3.31. The first-order valence-corrected chi connectivity index (χ1v) is 10.9. The van der Waals surface area contributed by atoms with Gasteiger partial charge in [-0.05, 0) is 54.1 Å². The highest BCUT2D eigenvalue weighted by atomic mass is 35.5. The van der Waals surface area contributed by atoms with Crippen LogP contribution in [-0.2, 0) is 9.53 Å². The second-order valence-electron chi connectivity index (χ2n) is 7.61. The van der Waals surface area contributed by atoms with Gasteiger partial charge in [0.15, 0.2) is 0 Å². The largest absolute Gasteiger partial charge is 0.497 e. The SMILES string of the molecule is COc1ccc(C2N=C3OC(c4ccc(Cl)cc4)=NN3C(=O)C2NC(=O)c2ccccc2)cc1. The van der Waals surface area contributed by atoms with Crippen molar-refractivity contribution in [3.8, 4) is 5.75 Å². The summed E-state index contributed by atoms with van der Waals surface area (Å²) in [5.41, 5.74) is 1.78. The van der Waals surface area contributed by atoms with Crippen molar-refractivity contribution in [2.24, 2.45) is 10.1 Å². The number of ether oxygens (including phenoxy) is 2. The van der Waals surface area contributed by atoms with Gasteiger partial charge >= 0.3 is 6.02 Å². The molecular formula is C25H19ClN4O4. The van der Waals surface area contributed by atoms with Gasteiger partial charge in [0.05, 0.1) is 7.11 Å². The van der Waals surface area contributed by atoms with Gasteiger partial charge in [-0.1, -0.05) is 41.9 Å². The van der Waals surface area contributed by atoms with E-state index in [0.717, 1.165) is 5.01 Å². The molecule has 170 valence electrons. The smallest absolute Gasteiger partial charge is 0.323 e. The number of halogens is 1. The summed E-state index contributed by atoms with van der Waals surface area (Å²) < 4.78 is 11.1. The monoisotopic (exact) mass is 474 g/mol. The molecule has 3 aromatic carbocycles. The lowest BCUT2D eigenvalue weighted by Crippen LogP contribution is -2.53. The Morgan fingerprint density at radius 3 is 2.41 bits per heavy atom. The number of nitrogens with one attached hydrogen (secondary N) is 1. The maximum atomic E-state index is 13.5. The molecule has 2 unspecified atom stereocenters. The molecule has 0 aromatic heterocycles. The van der Waals surface area contributed by atoms with Crippen molar-refractivity contribution in [3.05, 3.63) is 101 Å². The Balaban J connectivity index is 1.50. The Bertz CT molecular complexity index is 1290. The zero-order valence-corrected chi connectivity index (χ0v) is 18.8. The molecular weight excluding hydrogens is 456 g/mol. The highest BCUT2D eigenvalue weighted by Crippen LogP contribution is 2.31. The number of hydrogen-bond donors (Lipinski definition) is 1. The van der Waals surface area contributed by atoms with Crippen LogP contribution in [0.25, 0.3) is 0 Å². The van der Waals surface area contributed by atoms with E-state index in [1.54, 1.807) is 79.9 Å². The fourth-order valence-electron chi connectivity index (χ4n) is 3.70. The minimum Gasteiger partial charge on any atom is -0.497 e. The molecule has 0 aliphatic carbocycles. The number of amides is 2. The molecule has 9 heteroatoms. The lowest BCUT2D eigenvalue weighted by atomic mass is 9.97. The van der Waals surface area contributed by atoms with Gasteiger partial charge in [0, 0.05) is 16.1 Å². The first-order valence-electron chi connectivity index (χ1n) is 10.5. The number of carbonyl (C=O) groups excluding carboxylic acids is 2. The molecule has 2 aliphatic rings. The molecule has 2 atom stereocenters. The number of nitrogens with zero attached hydrogens (tertiary/aromatic N) is 3. The molecule has 2 amide bonds. The van der Waals surface area contributed by atoms with E-state index in [1.807, 2.05) is 6.07 Å². The first kappa shape index (κ1) is 21.7. The number of hydrazone groups is 1. The summed E-state index contributed by atoms with van der Waals surface area (Å²) in [4.78, 5) is 31.1. The zero-order valence-electron chi connectivity index (χ0n) is 18.0. The molecule has 2 aliphatic heterocycles. The van der Waals surface area contributed by atoms with Crippen molar-refractivity contribution < 1.29 is 19.1 Å². The quantitative estimate of drug-likeness (QED) is 0.609. The molecule has 0 saturated heterocycles. The number of benzene rings is 3. The van der Waals surface area contributed by atoms with Crippen LogP contribution in [0.2, 0.25) is 5.02 Å². The Kier molecular flexibility index (Phi) is 5.73. The van der Waals surface area contributed by atoms with Crippen molar-refractivity contribution in [2.75, 3.05) is 7.11 Å². The molecule has 34 heavy (non-hydrogen) atoms. The number of carbonyl (C=O) groups is 2. The minimum absolute atomic E-state index is 0.0426. The van der Waals surface area contributed by atoms with Crippen LogP contribution in [0.3, 0.4) is 0 Å². The number of aliphatic imine (C=N–C) groups is 1. The van der Waals surface area contributed by atoms with Gasteiger partial charge in [0.25, 0.3) is 11.8 Å². The van der Waals surface area contributed by atoms with Crippen LogP contribution in [0.4, 0.5) is 0 Å². The summed E-state index contributed by atoms with van der Waals surface area (Å²) in [5, 5.41) is 8.79. The predicted octanol–water partition coefficient (Wildman–Crippen LogP) is 3.78. The molecule has 0 fully saturated rings. The van der Waals surface area contributed by atoms with Crippen molar-refractivity contribution in [3.63, 3.8) is 0 Å². The van der Waals surface area contributed by atoms with E-state index in [2.05, 4.69) is 15.4 Å². The van der Waals surface area contributed by atoms with Crippen molar-refractivity contribution in [1.82, 2.24) is 10.3 Å². The van der Waals surface area contributed by atoms with Crippen LogP contribution in [0.5, 0.6) is 5.75 Å². The van der Waals surface area contributed by atoms with Crippen LogP contribution in [-0.4, -0.2) is 41.9 Å². The van der Waals surface area contributed by atoms with E-state index in [1.165, 1.54) is 0 Å². The predicted molar refractivity (Wildman–Crippen MR) is 127 cm³/mol. The summed E-state index contributed by atoms with van der Waals surface area (Å²) in [6.07, 6.45) is 0. The minimum atomic E-state index is -0.998. The van der Waals surface area contributed by atoms with Crippen LogP contribution in [0, 0.1) is 0 Å². The van der Waals surface area contributed by atoms with Crippen LogP contribution >= 0.6 is 11.6 Å². The Hall–Kier alpha value is -4.17. The topological polar surface area (TPSA) is 92.6 Å². The van der Waals surface area contributed by atoms with Crippen molar-refractivity contribution in [2.45, 2.75) is 12.1 Å². The Morgan fingerprint density at radius 1 is 1.03 bits per heavy atom. The van der Waals surface area contributed by atoms with Gasteiger partial charge < -0.3 is 14.8 Å². The van der Waals surface area contributed by atoms with Gasteiger partial charge in [-0.15, -0.1) is 10.1 Å². The molecule has 5 rings (SSSR count). The van der Waals surface area contributed by atoms with Gasteiger partial charge in [-0.3, -0.25) is 9.59 Å². The van der Waals surface area contributed by atoms with Crippen molar-refractivity contribution in [1.29, 1.82) is 0 Å². The summed E-state index contributed by atoms with van der Waals surface area (Å²) in [5.74, 6) is 0.0278. The average molecular weight is 475 g/mol. The first-order chi connectivity index (χ1) is 16.5. The third-order valence-corrected chi connectivity index (χ3v) is 5.72. The Morgan fingerprint density at radius 2 is 1.74 bits per heavy atom. The van der Waals surface area contributed by atoms with Gasteiger partial charge in [0.1, 0.15) is 17.8 Å². The van der Waals surface area contributed by atoms with Gasteiger partial charge in [-0.25, -0.2) is 4.99 Å². The fourth-order valence-corrected chi connectivity index (χ4v) is 3.83. The number of hydrogen-bond acceptors (Lipinski definition) is 6. The normalized spacial score (nSPS) is 19.0. The molecule has 0 saturated carbocycles. The van der Waals surface area contributed by atoms with Crippen LogP contribution in [0.1, 0.15) is 27.5 Å². The standard InChI is InChI=1S/C25H19ClN4O4/c1-33-19-13-9-15(10-14-19)20-21(27-22(31)16-5-3-2-4-6-16)24(32)30-25(28-20)34-23(29-30)17-7-11-18(26)12-8-17/h2-14,20-21H,1H3,(H,27,31). The molecule has 0 spiro atoms. The highest BCUT2D eigenvalue weighted by molar-refractivity contribution is 6.30. The summed E-state index contributed by atoms with van der Waals surface area (Å²) in [6, 6.07) is 21.0. The summed E-state index contributed by atoms with van der Waals surface area (Å²) in [7, 11) is 1.57. The molecule has 3 aromatic rings. The third-order valence-electron chi connectivity index (χ3n) is 5.47. The number of fused-ring (bicyclic) bond motifs is 1. The maximum absolute atomic E-state index is 13.5. The third kappa shape index (κ3) is 4.11. The lowest BCUT2D eigenvalue weighted by Gasteiger charge is -2.30. The summed E-state index contributed by atoms with van der Waals surface area (Å²) >= 11 is 5.97. The van der Waals surface area contributed by atoms with Gasteiger partial charge in [-0.2, -0.15) is 0 Å². The molecule has 0 radical (unpaired) electrons. The van der Waals surface area contributed by atoms with E-state index in [0.29, 0.717) is 27.5 Å². The van der Waals surface area contributed by atoms with Crippen LogP contribution < -0.4 is 10.1 Å². The van der Waals surface area contributed by atoms with E-state index in [-0.39, 0.29) is 11.9 Å². The molecule has 2 heterocycles. The summed E-state index contributed by atoms with van der Waals surface area (Å²) in [6.45, 7) is 0. The molecule has 8 nitrogen and oxygen atoms in total. The van der Waals surface area contributed by atoms with E-state index < -0.39 is 23.9 Å². The van der Waals surface area contributed by atoms with E-state index in [9.17, 15) is 9.59 Å². The van der Waals surface area contributed by atoms with Gasteiger partial charge in [0.2, 0.25) is 5.90 Å². The maximum Gasteiger partial charge on any atom is 0.323 e. The molecule has 1 N–H and O–H groups in total. The number of amidine groups is 1. The second-order valence-corrected chi connectivity index (χ2v) is 8.05. The fraction of sp³-hybridized carbons (Fsp3) is 0.120. The Labute approximate surface area is 200 Å². The number of rotatable bonds is 5. The highest BCUT2D eigenvalue weighted by Gasteiger charge is 2.45. The second kappa shape index (κ2) is 8.99. The zero-order chi connectivity index (χ0) is 23.7.